The van der Waals surface area contributed by atoms with Crippen LogP contribution in [0, 0.1) is 27.7 Å². The molecule has 0 saturated carbocycles. The van der Waals surface area contributed by atoms with E-state index in [4.69, 9.17) is 4.74 Å². The number of methoxy groups -OCH3 is 1. The number of ether oxygens (including phenoxy) is 1. The number of aryl methyl sites for hydroxylation is 4. The van der Waals surface area contributed by atoms with Crippen molar-refractivity contribution in [2.45, 2.75) is 34.1 Å². The number of rotatable bonds is 4. The summed E-state index contributed by atoms with van der Waals surface area (Å²) in [5.74, 6) is 0.963. The molecule has 2 heteroatoms. The third kappa shape index (κ3) is 3.33. The first-order chi connectivity index (χ1) is 9.92. The van der Waals surface area contributed by atoms with Crippen molar-refractivity contribution in [3.63, 3.8) is 0 Å². The summed E-state index contributed by atoms with van der Waals surface area (Å²) in [6, 6.07) is 9.87. The summed E-state index contributed by atoms with van der Waals surface area (Å²) in [4.78, 5) is 12.5. The molecule has 0 aliphatic heterocycles. The van der Waals surface area contributed by atoms with Gasteiger partial charge >= 0.3 is 0 Å². The minimum Gasteiger partial charge on any atom is -0.496 e. The van der Waals surface area contributed by atoms with Crippen LogP contribution in [0.15, 0.2) is 30.3 Å². The van der Waals surface area contributed by atoms with E-state index in [1.807, 2.05) is 25.1 Å². The second-order valence-corrected chi connectivity index (χ2v) is 5.66. The second kappa shape index (κ2) is 6.13. The Labute approximate surface area is 126 Å². The van der Waals surface area contributed by atoms with E-state index in [1.54, 1.807) is 7.11 Å². The summed E-state index contributed by atoms with van der Waals surface area (Å²) in [5, 5.41) is 0. The van der Waals surface area contributed by atoms with Gasteiger partial charge in [-0.3, -0.25) is 4.79 Å². The van der Waals surface area contributed by atoms with E-state index >= 15 is 0 Å². The summed E-state index contributed by atoms with van der Waals surface area (Å²) < 4.78 is 5.24. The molecule has 0 aliphatic rings. The van der Waals surface area contributed by atoms with Gasteiger partial charge in [0, 0.05) is 12.0 Å². The molecule has 2 rings (SSSR count). The first kappa shape index (κ1) is 15.3. The largest absolute Gasteiger partial charge is 0.496 e. The average Bonchev–Trinajstić information content (AvgIpc) is 2.42. The smallest absolute Gasteiger partial charge is 0.167 e. The summed E-state index contributed by atoms with van der Waals surface area (Å²) in [5.41, 5.74) is 6.48. The van der Waals surface area contributed by atoms with Crippen LogP contribution in [-0.4, -0.2) is 12.9 Å². The Morgan fingerprint density at radius 2 is 1.57 bits per heavy atom. The van der Waals surface area contributed by atoms with E-state index in [-0.39, 0.29) is 5.78 Å². The van der Waals surface area contributed by atoms with Crippen molar-refractivity contribution in [1.29, 1.82) is 0 Å². The maximum absolute atomic E-state index is 12.5. The molecular weight excluding hydrogens is 260 g/mol. The number of hydrogen-bond donors (Lipinski definition) is 0. The normalized spacial score (nSPS) is 10.5. The Morgan fingerprint density at radius 1 is 0.952 bits per heavy atom. The van der Waals surface area contributed by atoms with E-state index in [1.165, 1.54) is 16.7 Å². The van der Waals surface area contributed by atoms with Crippen LogP contribution < -0.4 is 4.74 Å². The summed E-state index contributed by atoms with van der Waals surface area (Å²) in [7, 11) is 1.64. The van der Waals surface area contributed by atoms with Crippen molar-refractivity contribution in [3.05, 3.63) is 63.7 Å². The van der Waals surface area contributed by atoms with E-state index in [2.05, 4.69) is 32.9 Å². The van der Waals surface area contributed by atoms with Crippen molar-refractivity contribution in [3.8, 4) is 5.75 Å². The minimum atomic E-state index is 0.149. The Balaban J connectivity index is 2.28. The van der Waals surface area contributed by atoms with E-state index in [0.29, 0.717) is 6.42 Å². The highest BCUT2D eigenvalue weighted by Crippen LogP contribution is 2.22. The number of hydrogen-bond acceptors (Lipinski definition) is 2. The third-order valence-corrected chi connectivity index (χ3v) is 3.89. The van der Waals surface area contributed by atoms with Crippen molar-refractivity contribution in [2.24, 2.45) is 0 Å². The number of ketones is 1. The predicted octanol–water partition coefficient (Wildman–Crippen LogP) is 4.35. The predicted molar refractivity (Wildman–Crippen MR) is 86.4 cm³/mol. The quantitative estimate of drug-likeness (QED) is 0.779. The molecule has 0 fully saturated rings. The molecule has 0 aromatic heterocycles. The standard InChI is InChI=1S/C19H22O2/c1-12-8-13(2)17(14(3)9-12)11-18(20)16-6-7-19(21-5)15(4)10-16/h6-10H,11H2,1-5H3. The molecule has 0 aliphatic carbocycles. The number of benzene rings is 2. The fraction of sp³-hybridized carbons (Fsp3) is 0.316. The first-order valence-corrected chi connectivity index (χ1v) is 7.17. The molecule has 0 saturated heterocycles. The lowest BCUT2D eigenvalue weighted by Crippen LogP contribution is -2.07. The van der Waals surface area contributed by atoms with Gasteiger partial charge in [0.15, 0.2) is 5.78 Å². The minimum absolute atomic E-state index is 0.149. The molecular formula is C19H22O2. The van der Waals surface area contributed by atoms with Crippen LogP contribution in [0.5, 0.6) is 5.75 Å². The Morgan fingerprint density at radius 3 is 2.10 bits per heavy atom. The van der Waals surface area contributed by atoms with Crippen LogP contribution in [0.25, 0.3) is 0 Å². The van der Waals surface area contributed by atoms with Crippen LogP contribution in [0.1, 0.15) is 38.2 Å². The van der Waals surface area contributed by atoms with E-state index < -0.39 is 0 Å². The van der Waals surface area contributed by atoms with Gasteiger partial charge in [-0.1, -0.05) is 17.7 Å². The van der Waals surface area contributed by atoms with Gasteiger partial charge in [-0.05, 0) is 68.1 Å². The van der Waals surface area contributed by atoms with Crippen LogP contribution in [0.2, 0.25) is 0 Å². The lowest BCUT2D eigenvalue weighted by molar-refractivity contribution is 0.0992. The molecule has 0 atom stereocenters. The topological polar surface area (TPSA) is 26.3 Å². The van der Waals surface area contributed by atoms with Crippen molar-refractivity contribution in [2.75, 3.05) is 7.11 Å². The summed E-state index contributed by atoms with van der Waals surface area (Å²) in [6.07, 6.45) is 0.448. The molecule has 21 heavy (non-hydrogen) atoms. The molecule has 0 heterocycles. The molecule has 0 radical (unpaired) electrons. The molecule has 0 unspecified atom stereocenters. The van der Waals surface area contributed by atoms with Crippen molar-refractivity contribution in [1.82, 2.24) is 0 Å². The number of carbonyl (C=O) groups excluding carboxylic acids is 1. The molecule has 0 bridgehead atoms. The zero-order valence-electron chi connectivity index (χ0n) is 13.4. The highest BCUT2D eigenvalue weighted by molar-refractivity contribution is 5.98. The van der Waals surface area contributed by atoms with Gasteiger partial charge in [0.1, 0.15) is 5.75 Å². The SMILES string of the molecule is COc1ccc(C(=O)Cc2c(C)cc(C)cc2C)cc1C. The summed E-state index contributed by atoms with van der Waals surface area (Å²) >= 11 is 0. The van der Waals surface area contributed by atoms with Gasteiger partial charge in [-0.15, -0.1) is 0 Å². The molecule has 0 spiro atoms. The lowest BCUT2D eigenvalue weighted by Gasteiger charge is -2.12. The number of Topliss-reactive ketones (excluding diaryl/α,β-unsaturated/α-hetero) is 1. The molecule has 110 valence electrons. The van der Waals surface area contributed by atoms with E-state index in [0.717, 1.165) is 22.4 Å². The number of carbonyl (C=O) groups is 1. The van der Waals surface area contributed by atoms with Gasteiger partial charge in [0.25, 0.3) is 0 Å². The third-order valence-electron chi connectivity index (χ3n) is 3.89. The highest BCUT2D eigenvalue weighted by atomic mass is 16.5. The molecule has 2 nitrogen and oxygen atoms in total. The zero-order chi connectivity index (χ0) is 15.6. The fourth-order valence-corrected chi connectivity index (χ4v) is 2.80. The second-order valence-electron chi connectivity index (χ2n) is 5.66. The van der Waals surface area contributed by atoms with Gasteiger partial charge in [0.2, 0.25) is 0 Å². The fourth-order valence-electron chi connectivity index (χ4n) is 2.80. The maximum atomic E-state index is 12.5. The molecule has 2 aromatic carbocycles. The monoisotopic (exact) mass is 282 g/mol. The van der Waals surface area contributed by atoms with Crippen molar-refractivity contribution >= 4 is 5.78 Å². The van der Waals surface area contributed by atoms with Crippen LogP contribution in [0.3, 0.4) is 0 Å². The molecule has 0 N–H and O–H groups in total. The van der Waals surface area contributed by atoms with Crippen LogP contribution >= 0.6 is 0 Å². The molecule has 0 amide bonds. The van der Waals surface area contributed by atoms with Crippen LogP contribution in [-0.2, 0) is 6.42 Å². The van der Waals surface area contributed by atoms with Gasteiger partial charge in [0.05, 0.1) is 7.11 Å². The zero-order valence-corrected chi connectivity index (χ0v) is 13.4. The van der Waals surface area contributed by atoms with Crippen molar-refractivity contribution < 1.29 is 9.53 Å². The average molecular weight is 282 g/mol. The summed E-state index contributed by atoms with van der Waals surface area (Å²) in [6.45, 7) is 8.18. The maximum Gasteiger partial charge on any atom is 0.167 e. The van der Waals surface area contributed by atoms with Gasteiger partial charge < -0.3 is 4.74 Å². The Kier molecular flexibility index (Phi) is 4.46. The first-order valence-electron chi connectivity index (χ1n) is 7.17. The molecule has 2 aromatic rings. The highest BCUT2D eigenvalue weighted by Gasteiger charge is 2.12. The van der Waals surface area contributed by atoms with Crippen LogP contribution in [0.4, 0.5) is 0 Å². The van der Waals surface area contributed by atoms with Gasteiger partial charge in [-0.25, -0.2) is 0 Å². The van der Waals surface area contributed by atoms with E-state index in [9.17, 15) is 4.79 Å². The Bertz CT molecular complexity index is 661. The Hall–Kier alpha value is -2.09. The lowest BCUT2D eigenvalue weighted by atomic mass is 9.93. The van der Waals surface area contributed by atoms with Gasteiger partial charge in [-0.2, -0.15) is 0 Å².